The van der Waals surface area contributed by atoms with Crippen LogP contribution in [0.3, 0.4) is 0 Å². The van der Waals surface area contributed by atoms with E-state index < -0.39 is 15.5 Å². The van der Waals surface area contributed by atoms with Crippen LogP contribution in [0.2, 0.25) is 0 Å². The minimum absolute atomic E-state index is 0.176. The Morgan fingerprint density at radius 1 is 0.795 bits per heavy atom. The summed E-state index contributed by atoms with van der Waals surface area (Å²) in [6.07, 6.45) is 7.45. The number of hydrogen-bond acceptors (Lipinski definition) is 6. The van der Waals surface area contributed by atoms with Crippen LogP contribution in [-0.2, 0) is 23.0 Å². The molecule has 202 valence electrons. The van der Waals surface area contributed by atoms with Crippen LogP contribution >= 0.6 is 0 Å². The summed E-state index contributed by atoms with van der Waals surface area (Å²) in [4.78, 5) is 10.9. The summed E-state index contributed by atoms with van der Waals surface area (Å²) in [7, 11) is -4.43. The number of fused-ring (bicyclic) bond motifs is 2. The smallest absolute Gasteiger partial charge is 0.286 e. The van der Waals surface area contributed by atoms with E-state index in [9.17, 15) is 13.0 Å². The van der Waals surface area contributed by atoms with Crippen molar-refractivity contribution >= 4 is 21.5 Å². The average Bonchev–Trinajstić information content (AvgIpc) is 2.93. The lowest BCUT2D eigenvalue weighted by Crippen LogP contribution is -2.38. The molecule has 0 fully saturated rings. The van der Waals surface area contributed by atoms with Gasteiger partial charge in [0.1, 0.15) is 0 Å². The molecule has 3 heterocycles. The van der Waals surface area contributed by atoms with Crippen LogP contribution in [0, 0.1) is 0 Å². The van der Waals surface area contributed by atoms with Crippen LogP contribution in [-0.4, -0.2) is 28.3 Å². The second-order valence-electron chi connectivity index (χ2n) is 9.74. The van der Waals surface area contributed by atoms with Gasteiger partial charge in [0.05, 0.1) is 22.8 Å². The maximum Gasteiger partial charge on any atom is 0.286 e. The van der Waals surface area contributed by atoms with Crippen molar-refractivity contribution < 1.29 is 17.7 Å². The molecule has 1 N–H and O–H groups in total. The molecule has 0 amide bonds. The number of hydrogen-bond donors (Lipinski definition) is 1. The lowest BCUT2D eigenvalue weighted by molar-refractivity contribution is 0.452. The van der Waals surface area contributed by atoms with E-state index >= 15 is 0 Å². The quantitative estimate of drug-likeness (QED) is 0.217. The molecule has 1 aliphatic rings. The molecule has 1 aliphatic heterocycles. The lowest BCUT2D eigenvalue weighted by Gasteiger charge is -2.37. The fraction of sp³-hybridized carbons (Fsp3) is 0.290. The lowest BCUT2D eigenvalue weighted by atomic mass is 9.99. The molecular weight excluding hydrogens is 510 g/mol. The summed E-state index contributed by atoms with van der Waals surface area (Å²) < 4.78 is 41.9. The van der Waals surface area contributed by atoms with Crippen molar-refractivity contribution in [2.45, 2.75) is 58.2 Å². The van der Waals surface area contributed by atoms with Crippen LogP contribution in [0.25, 0.3) is 22.5 Å². The van der Waals surface area contributed by atoms with Gasteiger partial charge in [-0.15, -0.1) is 0 Å². The van der Waals surface area contributed by atoms with Crippen molar-refractivity contribution in [1.82, 2.24) is 9.97 Å². The summed E-state index contributed by atoms with van der Waals surface area (Å²) in [5, 5.41) is -1.19. The molecule has 0 radical (unpaired) electrons. The first kappa shape index (κ1) is 26.8. The van der Waals surface area contributed by atoms with Gasteiger partial charge in [-0.1, -0.05) is 51.8 Å². The molecule has 2 aromatic heterocycles. The maximum atomic E-state index is 12.6. The van der Waals surface area contributed by atoms with Crippen LogP contribution in [0.15, 0.2) is 73.1 Å². The standard InChI is InChI=1S/C31H33N3O4S/c1-4-9-21-11-7-17-32-30(21)23-14-16-27-26(19-23)34(29(6-3)39(35,36)37)25-15-13-24(20-28(25)38-27)31-22(10-5-2)12-8-18-33-31/h7-8,11-20,29H,4-6,9-10H2,1-3H3,(H,35,36,37). The van der Waals surface area contributed by atoms with Crippen LogP contribution in [0.1, 0.15) is 51.2 Å². The summed E-state index contributed by atoms with van der Waals surface area (Å²) in [6.45, 7) is 6.00. The van der Waals surface area contributed by atoms with E-state index in [-0.39, 0.29) is 6.42 Å². The Balaban J connectivity index is 1.67. The Labute approximate surface area is 230 Å². The van der Waals surface area contributed by atoms with Gasteiger partial charge in [-0.05, 0) is 72.9 Å². The molecule has 0 saturated heterocycles. The average molecular weight is 544 g/mol. The van der Waals surface area contributed by atoms with E-state index in [1.165, 1.54) is 0 Å². The third-order valence-corrected chi connectivity index (χ3v) is 8.24. The van der Waals surface area contributed by atoms with Gasteiger partial charge in [-0.3, -0.25) is 14.5 Å². The molecule has 0 bridgehead atoms. The summed E-state index contributed by atoms with van der Waals surface area (Å²) >= 11 is 0. The molecular formula is C31H33N3O4S. The Bertz CT molecular complexity index is 1600. The van der Waals surface area contributed by atoms with Crippen LogP contribution in [0.4, 0.5) is 11.4 Å². The Morgan fingerprint density at radius 3 is 1.95 bits per heavy atom. The van der Waals surface area contributed by atoms with E-state index in [2.05, 4.69) is 35.9 Å². The third-order valence-electron chi connectivity index (χ3n) is 7.01. The van der Waals surface area contributed by atoms with Gasteiger partial charge in [0, 0.05) is 23.5 Å². The molecule has 1 atom stereocenters. The van der Waals surface area contributed by atoms with Gasteiger partial charge in [-0.2, -0.15) is 8.42 Å². The largest absolute Gasteiger partial charge is 0.453 e. The fourth-order valence-electron chi connectivity index (χ4n) is 5.31. The summed E-state index contributed by atoms with van der Waals surface area (Å²) in [6, 6.07) is 19.4. The van der Waals surface area contributed by atoms with Crippen molar-refractivity contribution in [3.8, 4) is 34.0 Å². The zero-order chi connectivity index (χ0) is 27.6. The Morgan fingerprint density at radius 2 is 1.38 bits per heavy atom. The minimum Gasteiger partial charge on any atom is -0.453 e. The third kappa shape index (κ3) is 5.27. The number of rotatable bonds is 9. The van der Waals surface area contributed by atoms with E-state index in [0.29, 0.717) is 22.9 Å². The molecule has 2 aromatic carbocycles. The zero-order valence-corrected chi connectivity index (χ0v) is 23.3. The van der Waals surface area contributed by atoms with Crippen molar-refractivity contribution in [2.24, 2.45) is 0 Å². The first-order valence-corrected chi connectivity index (χ1v) is 15.0. The highest BCUT2D eigenvalue weighted by molar-refractivity contribution is 7.86. The highest BCUT2D eigenvalue weighted by Gasteiger charge is 2.36. The zero-order valence-electron chi connectivity index (χ0n) is 22.5. The number of ether oxygens (including phenoxy) is 1. The number of nitrogens with zero attached hydrogens (tertiary/aromatic N) is 3. The van der Waals surface area contributed by atoms with E-state index in [1.54, 1.807) is 24.2 Å². The number of benzene rings is 2. The fourth-order valence-corrected chi connectivity index (χ4v) is 6.22. The molecule has 0 aliphatic carbocycles. The van der Waals surface area contributed by atoms with Gasteiger partial charge in [0.2, 0.25) is 0 Å². The van der Waals surface area contributed by atoms with Gasteiger partial charge in [0.25, 0.3) is 10.1 Å². The maximum absolute atomic E-state index is 12.6. The second kappa shape index (κ2) is 11.2. The van der Waals surface area contributed by atoms with E-state index in [1.807, 2.05) is 48.5 Å². The molecule has 7 nitrogen and oxygen atoms in total. The first-order valence-electron chi connectivity index (χ1n) is 13.5. The molecule has 5 rings (SSSR count). The van der Waals surface area contributed by atoms with E-state index in [0.717, 1.165) is 59.3 Å². The first-order chi connectivity index (χ1) is 18.9. The predicted octanol–water partition coefficient (Wildman–Crippen LogP) is 7.58. The van der Waals surface area contributed by atoms with Crippen molar-refractivity contribution in [3.05, 3.63) is 84.2 Å². The highest BCUT2D eigenvalue weighted by Crippen LogP contribution is 2.51. The number of aromatic nitrogens is 2. The molecule has 0 saturated carbocycles. The molecule has 4 aromatic rings. The molecule has 39 heavy (non-hydrogen) atoms. The van der Waals surface area contributed by atoms with E-state index in [4.69, 9.17) is 4.74 Å². The van der Waals surface area contributed by atoms with Crippen LogP contribution in [0.5, 0.6) is 11.5 Å². The van der Waals surface area contributed by atoms with Crippen molar-refractivity contribution in [1.29, 1.82) is 0 Å². The summed E-state index contributed by atoms with van der Waals surface area (Å²) in [5.74, 6) is 1.01. The number of aryl methyl sites for hydroxylation is 2. The molecule has 0 spiro atoms. The van der Waals surface area contributed by atoms with Crippen molar-refractivity contribution in [3.63, 3.8) is 0 Å². The van der Waals surface area contributed by atoms with Gasteiger partial charge >= 0.3 is 0 Å². The van der Waals surface area contributed by atoms with Crippen LogP contribution < -0.4 is 9.64 Å². The SMILES string of the molecule is CCCc1cccnc1-c1ccc2c(c1)Oc1ccc(-c3ncccc3CCC)cc1N2C(CC)S(=O)(=O)O. The highest BCUT2D eigenvalue weighted by atomic mass is 32.2. The monoisotopic (exact) mass is 543 g/mol. The number of pyridine rings is 2. The minimum atomic E-state index is -4.43. The van der Waals surface area contributed by atoms with Gasteiger partial charge < -0.3 is 9.64 Å². The topological polar surface area (TPSA) is 92.6 Å². The predicted molar refractivity (Wildman–Crippen MR) is 155 cm³/mol. The van der Waals surface area contributed by atoms with Crippen molar-refractivity contribution in [2.75, 3.05) is 4.90 Å². The van der Waals surface area contributed by atoms with Gasteiger partial charge in [-0.25, -0.2) is 0 Å². The second-order valence-corrected chi connectivity index (χ2v) is 11.3. The Kier molecular flexibility index (Phi) is 7.68. The molecule has 1 unspecified atom stereocenters. The number of anilines is 2. The molecule has 8 heteroatoms. The Hall–Kier alpha value is -3.75. The normalized spacial score (nSPS) is 13.4. The van der Waals surface area contributed by atoms with Gasteiger partial charge in [0.15, 0.2) is 16.9 Å². The summed E-state index contributed by atoms with van der Waals surface area (Å²) in [5.41, 5.74) is 6.85.